The molecule has 0 unspecified atom stereocenters. The van der Waals surface area contributed by atoms with Gasteiger partial charge in [-0.1, -0.05) is 62.1 Å². The molecule has 0 fully saturated rings. The fourth-order valence-electron chi connectivity index (χ4n) is 4.10. The molecule has 0 atom stereocenters. The number of para-hydroxylation sites is 2. The van der Waals surface area contributed by atoms with Gasteiger partial charge in [0, 0.05) is 36.3 Å². The molecule has 5 heteroatoms. The Kier molecular flexibility index (Phi) is 10.6. The molecular weight excluding hydrogens is 428 g/mol. The van der Waals surface area contributed by atoms with Crippen molar-refractivity contribution in [1.29, 1.82) is 0 Å². The number of unbranched alkanes of at least 4 members (excludes halogenated alkanes) is 5. The number of hydrogen-bond donors (Lipinski definition) is 2. The van der Waals surface area contributed by atoms with Crippen molar-refractivity contribution in [3.8, 4) is 0 Å². The van der Waals surface area contributed by atoms with Gasteiger partial charge in [-0.2, -0.15) is 0 Å². The van der Waals surface area contributed by atoms with Gasteiger partial charge in [0.05, 0.1) is 11.0 Å². The van der Waals surface area contributed by atoms with Gasteiger partial charge < -0.3 is 10.6 Å². The van der Waals surface area contributed by atoms with Crippen LogP contribution in [0.4, 0.5) is 0 Å². The van der Waals surface area contributed by atoms with E-state index in [0.29, 0.717) is 0 Å². The number of halogens is 1. The van der Waals surface area contributed by atoms with Crippen LogP contribution in [0.15, 0.2) is 73.1 Å². The smallest absolute Gasteiger partial charge is 0.0702 e. The van der Waals surface area contributed by atoms with Crippen molar-refractivity contribution in [3.05, 3.63) is 84.2 Å². The summed E-state index contributed by atoms with van der Waals surface area (Å²) < 4.78 is 0. The van der Waals surface area contributed by atoms with Crippen molar-refractivity contribution >= 4 is 34.2 Å². The monoisotopic (exact) mass is 462 g/mol. The summed E-state index contributed by atoms with van der Waals surface area (Å²) in [7, 11) is 0. The molecule has 4 aromatic rings. The molecule has 33 heavy (non-hydrogen) atoms. The van der Waals surface area contributed by atoms with Gasteiger partial charge in [0.2, 0.25) is 0 Å². The molecule has 174 valence electrons. The van der Waals surface area contributed by atoms with Crippen LogP contribution in [-0.4, -0.2) is 23.1 Å². The number of benzene rings is 2. The first kappa shape index (κ1) is 25.1. The van der Waals surface area contributed by atoms with Crippen LogP contribution in [0.1, 0.15) is 49.7 Å². The van der Waals surface area contributed by atoms with E-state index in [4.69, 9.17) is 0 Å². The van der Waals surface area contributed by atoms with Crippen molar-refractivity contribution in [3.63, 3.8) is 0 Å². The molecule has 0 bridgehead atoms. The Balaban J connectivity index is 0.00000306. The molecule has 2 aromatic carbocycles. The minimum Gasteiger partial charge on any atom is -0.313 e. The van der Waals surface area contributed by atoms with E-state index in [2.05, 4.69) is 69.1 Å². The lowest BCUT2D eigenvalue weighted by molar-refractivity contribution is 0.549. The van der Waals surface area contributed by atoms with E-state index in [1.807, 2.05) is 24.5 Å². The third kappa shape index (κ3) is 8.08. The zero-order valence-corrected chi connectivity index (χ0v) is 20.1. The fourth-order valence-corrected chi connectivity index (χ4v) is 4.10. The molecule has 0 aliphatic rings. The minimum atomic E-state index is 0. The van der Waals surface area contributed by atoms with Gasteiger partial charge in [0.15, 0.2) is 0 Å². The predicted octanol–water partition coefficient (Wildman–Crippen LogP) is 6.42. The lowest BCUT2D eigenvalue weighted by atomic mass is 10.1. The van der Waals surface area contributed by atoms with Gasteiger partial charge in [0.1, 0.15) is 0 Å². The predicted molar refractivity (Wildman–Crippen MR) is 142 cm³/mol. The van der Waals surface area contributed by atoms with Crippen LogP contribution < -0.4 is 10.6 Å². The number of hydrogen-bond acceptors (Lipinski definition) is 4. The minimum absolute atomic E-state index is 0. The molecule has 0 saturated carbocycles. The normalized spacial score (nSPS) is 11.0. The van der Waals surface area contributed by atoms with Crippen LogP contribution in [-0.2, 0) is 13.1 Å². The Morgan fingerprint density at radius 2 is 0.970 bits per heavy atom. The van der Waals surface area contributed by atoms with Gasteiger partial charge in [-0.05, 0) is 61.3 Å². The topological polar surface area (TPSA) is 49.8 Å². The second-order valence-electron chi connectivity index (χ2n) is 8.55. The number of aromatic nitrogens is 2. The molecule has 4 nitrogen and oxygen atoms in total. The van der Waals surface area contributed by atoms with Crippen LogP contribution in [0.25, 0.3) is 21.8 Å². The van der Waals surface area contributed by atoms with Crippen LogP contribution >= 0.6 is 12.4 Å². The first-order valence-corrected chi connectivity index (χ1v) is 12.0. The molecule has 0 aliphatic heterocycles. The van der Waals surface area contributed by atoms with Gasteiger partial charge >= 0.3 is 0 Å². The summed E-state index contributed by atoms with van der Waals surface area (Å²) >= 11 is 0. The first-order chi connectivity index (χ1) is 15.9. The number of fused-ring (bicyclic) bond motifs is 2. The second kappa shape index (κ2) is 13.9. The summed E-state index contributed by atoms with van der Waals surface area (Å²) in [5.74, 6) is 0. The Hall–Kier alpha value is -2.53. The van der Waals surface area contributed by atoms with Crippen LogP contribution in [0.2, 0.25) is 0 Å². The molecular formula is C28H35ClN4. The maximum atomic E-state index is 4.53. The lowest BCUT2D eigenvalue weighted by Crippen LogP contribution is -2.15. The zero-order valence-electron chi connectivity index (χ0n) is 19.3. The SMILES string of the molecule is Cl.c1ccc2ncc(CNCCCCCCCCNCc3cnc4ccccc4c3)cc2c1. The number of nitrogens with one attached hydrogen (secondary N) is 2. The van der Waals surface area contributed by atoms with Gasteiger partial charge in [-0.3, -0.25) is 9.97 Å². The zero-order chi connectivity index (χ0) is 21.8. The van der Waals surface area contributed by atoms with E-state index >= 15 is 0 Å². The molecule has 0 aliphatic carbocycles. The van der Waals surface area contributed by atoms with E-state index < -0.39 is 0 Å². The first-order valence-electron chi connectivity index (χ1n) is 12.0. The molecule has 2 N–H and O–H groups in total. The second-order valence-corrected chi connectivity index (χ2v) is 8.55. The summed E-state index contributed by atoms with van der Waals surface area (Å²) in [5.41, 5.74) is 4.65. The Labute approximate surface area is 203 Å². The highest BCUT2D eigenvalue weighted by Gasteiger charge is 1.99. The van der Waals surface area contributed by atoms with Crippen molar-refractivity contribution in [1.82, 2.24) is 20.6 Å². The number of pyridine rings is 2. The van der Waals surface area contributed by atoms with E-state index in [0.717, 1.165) is 37.2 Å². The van der Waals surface area contributed by atoms with E-state index in [1.54, 1.807) is 0 Å². The average molecular weight is 463 g/mol. The van der Waals surface area contributed by atoms with Gasteiger partial charge in [-0.15, -0.1) is 12.4 Å². The molecule has 0 saturated heterocycles. The van der Waals surface area contributed by atoms with Crippen molar-refractivity contribution in [2.24, 2.45) is 0 Å². The Morgan fingerprint density at radius 3 is 1.45 bits per heavy atom. The summed E-state index contributed by atoms with van der Waals surface area (Å²) in [5, 5.41) is 9.55. The summed E-state index contributed by atoms with van der Waals surface area (Å²) in [6, 6.07) is 21.1. The third-order valence-electron chi connectivity index (χ3n) is 5.91. The largest absolute Gasteiger partial charge is 0.313 e. The van der Waals surface area contributed by atoms with Crippen LogP contribution in [0.3, 0.4) is 0 Å². The molecule has 0 amide bonds. The lowest BCUT2D eigenvalue weighted by Gasteiger charge is -2.07. The molecule has 2 aromatic heterocycles. The molecule has 2 heterocycles. The third-order valence-corrected chi connectivity index (χ3v) is 5.91. The Morgan fingerprint density at radius 1 is 0.545 bits per heavy atom. The van der Waals surface area contributed by atoms with Crippen molar-refractivity contribution < 1.29 is 0 Å². The summed E-state index contributed by atoms with van der Waals surface area (Å²) in [6.45, 7) is 3.95. The van der Waals surface area contributed by atoms with Crippen LogP contribution in [0, 0.1) is 0 Å². The van der Waals surface area contributed by atoms with E-state index in [1.165, 1.54) is 60.4 Å². The van der Waals surface area contributed by atoms with Crippen LogP contribution in [0.5, 0.6) is 0 Å². The summed E-state index contributed by atoms with van der Waals surface area (Å²) in [4.78, 5) is 9.06. The van der Waals surface area contributed by atoms with Crippen molar-refractivity contribution in [2.45, 2.75) is 51.6 Å². The van der Waals surface area contributed by atoms with Crippen molar-refractivity contribution in [2.75, 3.05) is 13.1 Å². The van der Waals surface area contributed by atoms with Gasteiger partial charge in [-0.25, -0.2) is 0 Å². The average Bonchev–Trinajstić information content (AvgIpc) is 2.84. The van der Waals surface area contributed by atoms with E-state index in [-0.39, 0.29) is 12.4 Å². The fraction of sp³-hybridized carbons (Fsp3) is 0.357. The highest BCUT2D eigenvalue weighted by Crippen LogP contribution is 2.13. The summed E-state index contributed by atoms with van der Waals surface area (Å²) in [6.07, 6.45) is 11.7. The standard InChI is InChI=1S/C28H34N4.ClH/c1(3-9-15-29-19-23-17-25-11-5-7-13-27(25)31-21-23)2-4-10-16-30-20-24-18-26-12-6-8-14-28(26)32-22-24;/h5-8,11-14,17-18,21-22,29-30H,1-4,9-10,15-16,19-20H2;1H. The molecule has 0 spiro atoms. The number of rotatable bonds is 13. The van der Waals surface area contributed by atoms with E-state index in [9.17, 15) is 0 Å². The molecule has 0 radical (unpaired) electrons. The molecule has 4 rings (SSSR count). The quantitative estimate of drug-likeness (QED) is 0.225. The number of nitrogens with zero attached hydrogens (tertiary/aromatic N) is 2. The highest BCUT2D eigenvalue weighted by atomic mass is 35.5. The van der Waals surface area contributed by atoms with Gasteiger partial charge in [0.25, 0.3) is 0 Å². The highest BCUT2D eigenvalue weighted by molar-refractivity contribution is 5.85. The Bertz CT molecular complexity index is 1030. The maximum absolute atomic E-state index is 4.53. The maximum Gasteiger partial charge on any atom is 0.0702 e.